The van der Waals surface area contributed by atoms with Crippen molar-refractivity contribution in [1.82, 2.24) is 14.4 Å². The average molecular weight is 277 g/mol. The Kier molecular flexibility index (Phi) is 3.05. The Morgan fingerprint density at radius 3 is 3.05 bits per heavy atom. The van der Waals surface area contributed by atoms with Gasteiger partial charge < -0.3 is 5.32 Å². The van der Waals surface area contributed by atoms with E-state index in [9.17, 15) is 4.39 Å². The molecule has 96 valence electrons. The predicted molar refractivity (Wildman–Crippen MR) is 71.7 cm³/mol. The van der Waals surface area contributed by atoms with Crippen molar-refractivity contribution in [3.8, 4) is 0 Å². The second-order valence-corrected chi connectivity index (χ2v) is 4.44. The number of imidazole rings is 1. The van der Waals surface area contributed by atoms with E-state index in [2.05, 4.69) is 15.3 Å². The molecule has 2 heterocycles. The van der Waals surface area contributed by atoms with Crippen LogP contribution in [0.25, 0.3) is 5.78 Å². The van der Waals surface area contributed by atoms with Crippen LogP contribution in [0.5, 0.6) is 0 Å². The highest BCUT2D eigenvalue weighted by atomic mass is 35.5. The lowest BCUT2D eigenvalue weighted by molar-refractivity contribution is 0.628. The van der Waals surface area contributed by atoms with Crippen molar-refractivity contribution in [2.24, 2.45) is 0 Å². The third-order valence-corrected chi connectivity index (χ3v) is 2.99. The molecule has 0 radical (unpaired) electrons. The topological polar surface area (TPSA) is 42.2 Å². The molecule has 6 heteroatoms. The molecule has 1 aromatic carbocycles. The molecule has 0 fully saturated rings. The van der Waals surface area contributed by atoms with Crippen molar-refractivity contribution in [2.75, 3.05) is 5.32 Å². The molecule has 0 unspecified atom stereocenters. The van der Waals surface area contributed by atoms with Crippen LogP contribution in [0.2, 0.25) is 5.02 Å². The van der Waals surface area contributed by atoms with Crippen LogP contribution in [0, 0.1) is 5.82 Å². The number of anilines is 1. The number of hydrogen-bond donors (Lipinski definition) is 1. The third kappa shape index (κ3) is 2.51. The summed E-state index contributed by atoms with van der Waals surface area (Å²) in [7, 11) is 0. The molecule has 0 bridgehead atoms. The van der Waals surface area contributed by atoms with E-state index in [0.29, 0.717) is 23.0 Å². The zero-order valence-electron chi connectivity index (χ0n) is 9.85. The van der Waals surface area contributed by atoms with Gasteiger partial charge in [0.25, 0.3) is 0 Å². The second kappa shape index (κ2) is 4.85. The second-order valence-electron chi connectivity index (χ2n) is 4.04. The van der Waals surface area contributed by atoms with Gasteiger partial charge in [-0.2, -0.15) is 0 Å². The van der Waals surface area contributed by atoms with E-state index >= 15 is 0 Å². The van der Waals surface area contributed by atoms with E-state index in [4.69, 9.17) is 11.6 Å². The zero-order valence-corrected chi connectivity index (χ0v) is 10.6. The number of nitrogens with zero attached hydrogens (tertiary/aromatic N) is 3. The van der Waals surface area contributed by atoms with Gasteiger partial charge in [-0.1, -0.05) is 11.6 Å². The molecule has 0 aliphatic rings. The number of fused-ring (bicyclic) bond motifs is 1. The zero-order chi connectivity index (χ0) is 13.2. The van der Waals surface area contributed by atoms with Crippen molar-refractivity contribution in [2.45, 2.75) is 6.54 Å². The normalized spacial score (nSPS) is 10.8. The highest BCUT2D eigenvalue weighted by Gasteiger charge is 2.04. The van der Waals surface area contributed by atoms with Crippen molar-refractivity contribution in [1.29, 1.82) is 0 Å². The molecule has 0 aliphatic carbocycles. The maximum atomic E-state index is 12.9. The number of nitrogens with one attached hydrogen (secondary N) is 1. The molecule has 0 spiro atoms. The molecule has 2 aromatic heterocycles. The van der Waals surface area contributed by atoms with Gasteiger partial charge in [-0.3, -0.25) is 4.40 Å². The van der Waals surface area contributed by atoms with Gasteiger partial charge in [0.2, 0.25) is 5.78 Å². The summed E-state index contributed by atoms with van der Waals surface area (Å²) in [6, 6.07) is 6.07. The lowest BCUT2D eigenvalue weighted by Crippen LogP contribution is -2.00. The van der Waals surface area contributed by atoms with Gasteiger partial charge in [0.1, 0.15) is 5.82 Å². The van der Waals surface area contributed by atoms with Crippen molar-refractivity contribution >= 4 is 23.1 Å². The van der Waals surface area contributed by atoms with Crippen LogP contribution in [0.3, 0.4) is 0 Å². The van der Waals surface area contributed by atoms with Gasteiger partial charge in [0, 0.05) is 18.6 Å². The van der Waals surface area contributed by atoms with Crippen molar-refractivity contribution < 1.29 is 4.39 Å². The Morgan fingerprint density at radius 1 is 1.37 bits per heavy atom. The Hall–Kier alpha value is -2.14. The van der Waals surface area contributed by atoms with Crippen LogP contribution in [0.4, 0.5) is 10.1 Å². The standard InChI is InChI=1S/C13H10ClFN4/c14-11-6-9(15)2-3-12(11)17-7-10-8-19-5-1-4-16-13(19)18-10/h1-6,8,17H,7H2. The van der Waals surface area contributed by atoms with Crippen molar-refractivity contribution in [3.63, 3.8) is 0 Å². The minimum absolute atomic E-state index is 0.349. The molecule has 3 rings (SSSR count). The Morgan fingerprint density at radius 2 is 2.26 bits per heavy atom. The first kappa shape index (κ1) is 11.9. The van der Waals surface area contributed by atoms with Crippen LogP contribution in [-0.2, 0) is 6.54 Å². The first-order valence-corrected chi connectivity index (χ1v) is 6.08. The summed E-state index contributed by atoms with van der Waals surface area (Å²) in [4.78, 5) is 8.48. The lowest BCUT2D eigenvalue weighted by atomic mass is 10.3. The summed E-state index contributed by atoms with van der Waals surface area (Å²) in [6.45, 7) is 0.495. The molecule has 0 atom stereocenters. The highest BCUT2D eigenvalue weighted by Crippen LogP contribution is 2.22. The molecule has 19 heavy (non-hydrogen) atoms. The molecule has 0 saturated carbocycles. The minimum atomic E-state index is -0.354. The van der Waals surface area contributed by atoms with Crippen LogP contribution < -0.4 is 5.32 Å². The molecule has 4 nitrogen and oxygen atoms in total. The molecular weight excluding hydrogens is 267 g/mol. The molecule has 0 saturated heterocycles. The van der Waals surface area contributed by atoms with Gasteiger partial charge in [0.05, 0.1) is 22.9 Å². The maximum Gasteiger partial charge on any atom is 0.233 e. The van der Waals surface area contributed by atoms with Crippen molar-refractivity contribution in [3.05, 3.63) is 59.4 Å². The molecule has 0 aliphatic heterocycles. The minimum Gasteiger partial charge on any atom is -0.378 e. The van der Waals surface area contributed by atoms with Crippen LogP contribution >= 0.6 is 11.6 Å². The number of rotatable bonds is 3. The largest absolute Gasteiger partial charge is 0.378 e. The molecule has 1 N–H and O–H groups in total. The smallest absolute Gasteiger partial charge is 0.233 e. The maximum absolute atomic E-state index is 12.9. The molecular formula is C13H10ClFN4. The van der Waals surface area contributed by atoms with Crippen LogP contribution in [0.1, 0.15) is 5.69 Å². The van der Waals surface area contributed by atoms with E-state index in [1.54, 1.807) is 12.3 Å². The Balaban J connectivity index is 1.78. The quantitative estimate of drug-likeness (QED) is 0.799. The summed E-state index contributed by atoms with van der Waals surface area (Å²) in [5.74, 6) is 0.289. The summed E-state index contributed by atoms with van der Waals surface area (Å²) < 4.78 is 14.8. The van der Waals surface area contributed by atoms with E-state index in [0.717, 1.165) is 5.69 Å². The van der Waals surface area contributed by atoms with Crippen LogP contribution in [-0.4, -0.2) is 14.4 Å². The summed E-state index contributed by atoms with van der Waals surface area (Å²) in [5, 5.41) is 3.46. The predicted octanol–water partition coefficient (Wildman–Crippen LogP) is 3.13. The number of hydrogen-bond acceptors (Lipinski definition) is 3. The van der Waals surface area contributed by atoms with E-state index in [-0.39, 0.29) is 5.82 Å². The Labute approximate surface area is 113 Å². The molecule has 0 amide bonds. The number of aromatic nitrogens is 3. The Bertz CT molecular complexity index is 692. The molecule has 3 aromatic rings. The monoisotopic (exact) mass is 276 g/mol. The van der Waals surface area contributed by atoms with E-state index in [1.807, 2.05) is 22.9 Å². The summed E-state index contributed by atoms with van der Waals surface area (Å²) >= 11 is 5.93. The van der Waals surface area contributed by atoms with Gasteiger partial charge in [0.15, 0.2) is 0 Å². The van der Waals surface area contributed by atoms with Gasteiger partial charge in [-0.25, -0.2) is 14.4 Å². The van der Waals surface area contributed by atoms with E-state index < -0.39 is 0 Å². The number of halogens is 2. The van der Waals surface area contributed by atoms with E-state index in [1.165, 1.54) is 12.1 Å². The number of benzene rings is 1. The SMILES string of the molecule is Fc1ccc(NCc2cn3cccnc3n2)c(Cl)c1. The average Bonchev–Trinajstić information content (AvgIpc) is 2.80. The first-order chi connectivity index (χ1) is 9.22. The van der Waals surface area contributed by atoms with Gasteiger partial charge >= 0.3 is 0 Å². The van der Waals surface area contributed by atoms with Gasteiger partial charge in [-0.05, 0) is 24.3 Å². The fourth-order valence-corrected chi connectivity index (χ4v) is 2.02. The fourth-order valence-electron chi connectivity index (χ4n) is 1.78. The fraction of sp³-hybridized carbons (Fsp3) is 0.0769. The first-order valence-electron chi connectivity index (χ1n) is 5.70. The summed E-state index contributed by atoms with van der Waals surface area (Å²) in [6.07, 6.45) is 5.45. The summed E-state index contributed by atoms with van der Waals surface area (Å²) in [5.41, 5.74) is 1.51. The third-order valence-electron chi connectivity index (χ3n) is 2.68. The lowest BCUT2D eigenvalue weighted by Gasteiger charge is -2.06. The highest BCUT2D eigenvalue weighted by molar-refractivity contribution is 6.33. The van der Waals surface area contributed by atoms with Gasteiger partial charge in [-0.15, -0.1) is 0 Å². The van der Waals surface area contributed by atoms with Crippen LogP contribution in [0.15, 0.2) is 42.9 Å².